The SMILES string of the molecule is C#CCOc1ccc(Cl)cc1/C=c1\sc2n(c1=O)[C@@H](c1cc(OC)c(OC)cc1Br)C(C(=O)OCC)=C(C)N=2. The summed E-state index contributed by atoms with van der Waals surface area (Å²) in [6.45, 7) is 3.65. The molecule has 1 aromatic heterocycles. The number of halogens is 2. The third kappa shape index (κ3) is 5.62. The van der Waals surface area contributed by atoms with Crippen molar-refractivity contribution in [1.82, 2.24) is 4.57 Å². The molecule has 0 saturated heterocycles. The van der Waals surface area contributed by atoms with Crippen molar-refractivity contribution in [2.45, 2.75) is 19.9 Å². The molecule has 0 amide bonds. The van der Waals surface area contributed by atoms with Gasteiger partial charge in [-0.05, 0) is 55.8 Å². The maximum atomic E-state index is 14.0. The number of aromatic nitrogens is 1. The first-order chi connectivity index (χ1) is 18.7. The van der Waals surface area contributed by atoms with Crippen LogP contribution in [0, 0.1) is 12.3 Å². The number of benzene rings is 2. The van der Waals surface area contributed by atoms with Crippen LogP contribution in [0.2, 0.25) is 5.02 Å². The molecule has 3 aromatic rings. The number of esters is 1. The quantitative estimate of drug-likeness (QED) is 0.273. The van der Waals surface area contributed by atoms with Gasteiger partial charge in [-0.15, -0.1) is 6.42 Å². The summed E-state index contributed by atoms with van der Waals surface area (Å²) in [5.41, 5.74) is 1.49. The first kappa shape index (κ1) is 28.5. The molecular weight excluding hydrogens is 608 g/mol. The number of carbonyl (C=O) groups excluding carboxylic acids is 1. The Hall–Kier alpha value is -3.52. The van der Waals surface area contributed by atoms with E-state index in [-0.39, 0.29) is 24.3 Å². The predicted molar refractivity (Wildman–Crippen MR) is 153 cm³/mol. The predicted octanol–water partition coefficient (Wildman–Crippen LogP) is 4.24. The van der Waals surface area contributed by atoms with Crippen LogP contribution in [0.4, 0.5) is 0 Å². The number of carbonyl (C=O) groups is 1. The summed E-state index contributed by atoms with van der Waals surface area (Å²) in [7, 11) is 3.04. The van der Waals surface area contributed by atoms with Gasteiger partial charge in [0.1, 0.15) is 12.4 Å². The van der Waals surface area contributed by atoms with E-state index in [1.165, 1.54) is 30.1 Å². The van der Waals surface area contributed by atoms with Crippen molar-refractivity contribution < 1.29 is 23.7 Å². The largest absolute Gasteiger partial charge is 0.493 e. The van der Waals surface area contributed by atoms with Crippen LogP contribution in [0.1, 0.15) is 31.0 Å². The van der Waals surface area contributed by atoms with Gasteiger partial charge in [0.2, 0.25) is 0 Å². The van der Waals surface area contributed by atoms with E-state index in [0.29, 0.717) is 52.9 Å². The number of fused-ring (bicyclic) bond motifs is 1. The Morgan fingerprint density at radius 1 is 1.23 bits per heavy atom. The topological polar surface area (TPSA) is 88.3 Å². The molecule has 0 spiro atoms. The molecule has 1 aliphatic rings. The minimum Gasteiger partial charge on any atom is -0.493 e. The highest BCUT2D eigenvalue weighted by atomic mass is 79.9. The molecule has 8 nitrogen and oxygen atoms in total. The standard InChI is InChI=1S/C28H24BrClN2O6S/c1-6-10-38-20-9-8-17(30)11-16(20)12-23-26(33)32-25(18-13-21(35-4)22(36-5)14-19(18)29)24(27(34)37-7-2)15(3)31-28(32)39-23/h1,8-9,11-14,25H,7,10H2,2-5H3/b23-12-/t25-/m0/s1. The average molecular weight is 632 g/mol. The highest BCUT2D eigenvalue weighted by Gasteiger charge is 2.35. The Kier molecular flexibility index (Phi) is 8.85. The average Bonchev–Trinajstić information content (AvgIpc) is 3.21. The van der Waals surface area contributed by atoms with E-state index in [1.54, 1.807) is 50.3 Å². The van der Waals surface area contributed by atoms with Crippen molar-refractivity contribution in [3.05, 3.63) is 81.9 Å². The summed E-state index contributed by atoms with van der Waals surface area (Å²) in [6.07, 6.45) is 7.03. The van der Waals surface area contributed by atoms with Gasteiger partial charge in [-0.3, -0.25) is 9.36 Å². The van der Waals surface area contributed by atoms with Crippen LogP contribution in [0.15, 0.2) is 55.9 Å². The normalized spacial score (nSPS) is 14.8. The summed E-state index contributed by atoms with van der Waals surface area (Å²) in [5.74, 6) is 3.26. The summed E-state index contributed by atoms with van der Waals surface area (Å²) < 4.78 is 24.4. The van der Waals surface area contributed by atoms with E-state index in [2.05, 4.69) is 26.8 Å². The molecule has 0 aliphatic carbocycles. The molecule has 0 fully saturated rings. The highest BCUT2D eigenvalue weighted by molar-refractivity contribution is 9.10. The lowest BCUT2D eigenvalue weighted by Gasteiger charge is -2.26. The van der Waals surface area contributed by atoms with Gasteiger partial charge in [0.05, 0.1) is 42.7 Å². The molecular formula is C28H24BrClN2O6S. The van der Waals surface area contributed by atoms with Gasteiger partial charge in [-0.2, -0.15) is 0 Å². The summed E-state index contributed by atoms with van der Waals surface area (Å²) >= 11 is 11.0. The van der Waals surface area contributed by atoms with E-state index in [1.807, 2.05) is 0 Å². The van der Waals surface area contributed by atoms with Crippen LogP contribution in [-0.2, 0) is 9.53 Å². The van der Waals surface area contributed by atoms with Gasteiger partial charge in [-0.25, -0.2) is 9.79 Å². The lowest BCUT2D eigenvalue weighted by molar-refractivity contribution is -0.139. The van der Waals surface area contributed by atoms with Gasteiger partial charge in [0, 0.05) is 15.1 Å². The monoisotopic (exact) mass is 630 g/mol. The van der Waals surface area contributed by atoms with Crippen molar-refractivity contribution in [3.63, 3.8) is 0 Å². The molecule has 0 radical (unpaired) electrons. The number of hydrogen-bond acceptors (Lipinski definition) is 8. The van der Waals surface area contributed by atoms with Gasteiger partial charge in [0.25, 0.3) is 5.56 Å². The smallest absolute Gasteiger partial charge is 0.338 e. The van der Waals surface area contributed by atoms with Crippen molar-refractivity contribution in [2.75, 3.05) is 27.4 Å². The molecule has 202 valence electrons. The zero-order valence-corrected chi connectivity index (χ0v) is 24.7. The van der Waals surface area contributed by atoms with Gasteiger partial charge in [0.15, 0.2) is 16.3 Å². The third-order valence-corrected chi connectivity index (χ3v) is 7.79. The second kappa shape index (κ2) is 12.1. The minimum absolute atomic E-state index is 0.0547. The molecule has 2 aromatic carbocycles. The van der Waals surface area contributed by atoms with Crippen molar-refractivity contribution in [1.29, 1.82) is 0 Å². The Balaban J connectivity index is 2.00. The number of allylic oxidation sites excluding steroid dienone is 1. The van der Waals surface area contributed by atoms with Crippen LogP contribution in [0.5, 0.6) is 17.2 Å². The number of hydrogen-bond donors (Lipinski definition) is 0. The molecule has 0 bridgehead atoms. The molecule has 1 atom stereocenters. The fraction of sp³-hybridized carbons (Fsp3) is 0.250. The lowest BCUT2D eigenvalue weighted by atomic mass is 9.95. The Morgan fingerprint density at radius 2 is 1.95 bits per heavy atom. The maximum absolute atomic E-state index is 14.0. The van der Waals surface area contributed by atoms with Gasteiger partial charge < -0.3 is 18.9 Å². The molecule has 0 N–H and O–H groups in total. The third-order valence-electron chi connectivity index (χ3n) is 5.88. The van der Waals surface area contributed by atoms with E-state index in [4.69, 9.17) is 37.0 Å². The van der Waals surface area contributed by atoms with Crippen LogP contribution in [0.3, 0.4) is 0 Å². The molecule has 11 heteroatoms. The molecule has 2 heterocycles. The highest BCUT2D eigenvalue weighted by Crippen LogP contribution is 2.40. The van der Waals surface area contributed by atoms with Crippen LogP contribution < -0.4 is 29.1 Å². The van der Waals surface area contributed by atoms with Crippen LogP contribution in [0.25, 0.3) is 6.08 Å². The first-order valence-electron chi connectivity index (χ1n) is 11.7. The first-order valence-corrected chi connectivity index (χ1v) is 13.7. The van der Waals surface area contributed by atoms with E-state index < -0.39 is 12.0 Å². The molecule has 39 heavy (non-hydrogen) atoms. The van der Waals surface area contributed by atoms with Gasteiger partial charge >= 0.3 is 5.97 Å². The van der Waals surface area contributed by atoms with E-state index in [9.17, 15) is 9.59 Å². The number of terminal acetylenes is 1. The fourth-order valence-electron chi connectivity index (χ4n) is 4.19. The van der Waals surface area contributed by atoms with Gasteiger partial charge in [-0.1, -0.05) is 44.8 Å². The summed E-state index contributed by atoms with van der Waals surface area (Å²) in [6, 6.07) is 7.65. The Labute approximate surface area is 242 Å². The molecule has 4 rings (SSSR count). The zero-order valence-electron chi connectivity index (χ0n) is 21.5. The van der Waals surface area contributed by atoms with E-state index in [0.717, 1.165) is 0 Å². The van der Waals surface area contributed by atoms with Crippen molar-refractivity contribution in [2.24, 2.45) is 4.99 Å². The van der Waals surface area contributed by atoms with Crippen molar-refractivity contribution >= 4 is 50.9 Å². The molecule has 0 unspecified atom stereocenters. The number of ether oxygens (including phenoxy) is 4. The second-order valence-electron chi connectivity index (χ2n) is 8.21. The van der Waals surface area contributed by atoms with Crippen molar-refractivity contribution in [3.8, 4) is 29.6 Å². The van der Waals surface area contributed by atoms with E-state index >= 15 is 0 Å². The second-order valence-corrected chi connectivity index (χ2v) is 10.5. The molecule has 0 saturated carbocycles. The number of rotatable bonds is 8. The summed E-state index contributed by atoms with van der Waals surface area (Å²) in [4.78, 5) is 32.2. The molecule has 1 aliphatic heterocycles. The fourth-order valence-corrected chi connectivity index (χ4v) is 5.95. The van der Waals surface area contributed by atoms with Crippen LogP contribution in [-0.4, -0.2) is 38.0 Å². The number of nitrogens with zero attached hydrogens (tertiary/aromatic N) is 2. The minimum atomic E-state index is -0.854. The maximum Gasteiger partial charge on any atom is 0.338 e. The number of thiazole rings is 1. The van der Waals surface area contributed by atoms with Crippen LogP contribution >= 0.6 is 38.9 Å². The Bertz CT molecular complexity index is 1700. The lowest BCUT2D eigenvalue weighted by Crippen LogP contribution is -2.40. The Morgan fingerprint density at radius 3 is 2.62 bits per heavy atom. The number of methoxy groups -OCH3 is 2. The zero-order chi connectivity index (χ0) is 28.3. The summed E-state index contributed by atoms with van der Waals surface area (Å²) in [5, 5.41) is 0.467.